The van der Waals surface area contributed by atoms with Crippen molar-refractivity contribution in [2.75, 3.05) is 19.8 Å². The van der Waals surface area contributed by atoms with Gasteiger partial charge < -0.3 is 14.5 Å². The quantitative estimate of drug-likeness (QED) is 0.205. The first-order chi connectivity index (χ1) is 27.7. The van der Waals surface area contributed by atoms with Crippen molar-refractivity contribution in [2.45, 2.75) is 75.6 Å². The first-order valence-electron chi connectivity index (χ1n) is 19.4. The molecule has 4 aromatic heterocycles. The maximum atomic E-state index is 16.0. The van der Waals surface area contributed by atoms with Crippen LogP contribution in [0.4, 0.5) is 8.78 Å². The Morgan fingerprint density at radius 3 is 2.52 bits per heavy atom. The van der Waals surface area contributed by atoms with E-state index >= 15 is 4.39 Å². The van der Waals surface area contributed by atoms with Gasteiger partial charge in [-0.1, -0.05) is 6.07 Å². The van der Waals surface area contributed by atoms with Gasteiger partial charge in [0, 0.05) is 48.9 Å². The predicted octanol–water partition coefficient (Wildman–Crippen LogP) is 6.44. The molecule has 0 unspecified atom stereocenters. The van der Waals surface area contributed by atoms with Crippen molar-refractivity contribution in [2.24, 2.45) is 7.05 Å². The molecule has 13 nitrogen and oxygen atoms in total. The Morgan fingerprint density at radius 1 is 0.966 bits per heavy atom. The lowest BCUT2D eigenvalue weighted by Gasteiger charge is -2.43. The second-order valence-corrected chi connectivity index (χ2v) is 18.2. The van der Waals surface area contributed by atoms with E-state index in [0.29, 0.717) is 45.7 Å². The zero-order chi connectivity index (χ0) is 40.4. The van der Waals surface area contributed by atoms with Gasteiger partial charge in [0.25, 0.3) is 10.0 Å². The number of fused-ring (bicyclic) bond motifs is 6. The number of H-pyrrole nitrogens is 1. The molecule has 0 spiro atoms. The number of nitrogens with zero attached hydrogens (tertiary/aromatic N) is 7. The van der Waals surface area contributed by atoms with Gasteiger partial charge in [-0.3, -0.25) is 13.8 Å². The molecule has 3 aliphatic rings. The molecule has 2 bridgehead atoms. The van der Waals surface area contributed by atoms with Crippen LogP contribution in [0.2, 0.25) is 0 Å². The van der Waals surface area contributed by atoms with Gasteiger partial charge in [-0.25, -0.2) is 26.7 Å². The number of hydrogen-bond donors (Lipinski definition) is 1. The predicted molar refractivity (Wildman–Crippen MR) is 213 cm³/mol. The van der Waals surface area contributed by atoms with E-state index in [1.165, 1.54) is 38.1 Å². The minimum Gasteiger partial charge on any atom is -0.378 e. The number of hydrogen-bond acceptors (Lipinski definition) is 7. The number of sulfonamides is 1. The van der Waals surface area contributed by atoms with E-state index < -0.39 is 33.6 Å². The van der Waals surface area contributed by atoms with Crippen LogP contribution in [-0.2, 0) is 33.0 Å². The molecule has 3 aromatic carbocycles. The van der Waals surface area contributed by atoms with Crippen LogP contribution in [0.5, 0.6) is 0 Å². The fourth-order valence-corrected chi connectivity index (χ4v) is 11.1. The summed E-state index contributed by atoms with van der Waals surface area (Å²) in [5.41, 5.74) is 3.86. The number of halogens is 2. The van der Waals surface area contributed by atoms with E-state index in [-0.39, 0.29) is 58.9 Å². The highest BCUT2D eigenvalue weighted by Crippen LogP contribution is 2.44. The van der Waals surface area contributed by atoms with Gasteiger partial charge >= 0.3 is 5.69 Å². The second-order valence-electron chi connectivity index (χ2n) is 16.4. The minimum atomic E-state index is -4.19. The molecule has 300 valence electrons. The Labute approximate surface area is 332 Å². The standard InChI is InChI=1S/C42H42F2N8O5S/c1-23-14-28(15-24(2)38(23)43)51-40(50-12-11-49(41(50)53)34-9-8-33-30(39(34)44)20-45-48(33)5)37-32(47-51)18-29-21-56-22-35(37)52(29)58(54,55)36-17-27-16-25(6-7-31(27)46-36)26-10-13-57-42(3,4)19-26/h6-9,11-12,14-17,20,26,29,35,46H,10,13,18-19,21-22H2,1-5H3/t26-,29-,35-/m0/s1. The van der Waals surface area contributed by atoms with Gasteiger partial charge in [0.15, 0.2) is 5.82 Å². The highest BCUT2D eigenvalue weighted by molar-refractivity contribution is 7.89. The number of morpholine rings is 1. The molecule has 2 saturated heterocycles. The van der Waals surface area contributed by atoms with Crippen molar-refractivity contribution in [3.05, 3.63) is 117 Å². The van der Waals surface area contributed by atoms with E-state index in [9.17, 15) is 17.6 Å². The van der Waals surface area contributed by atoms with Crippen molar-refractivity contribution in [1.29, 1.82) is 0 Å². The molecule has 58 heavy (non-hydrogen) atoms. The lowest BCUT2D eigenvalue weighted by Crippen LogP contribution is -2.54. The summed E-state index contributed by atoms with van der Waals surface area (Å²) in [6, 6.07) is 12.8. The summed E-state index contributed by atoms with van der Waals surface area (Å²) in [5.74, 6) is -0.442. The number of benzene rings is 3. The van der Waals surface area contributed by atoms with Crippen LogP contribution >= 0.6 is 0 Å². The molecule has 7 aromatic rings. The van der Waals surface area contributed by atoms with Gasteiger partial charge in [-0.15, -0.1) is 0 Å². The Bertz CT molecular complexity index is 2970. The van der Waals surface area contributed by atoms with Gasteiger partial charge in [-0.2, -0.15) is 14.5 Å². The molecule has 2 fully saturated rings. The SMILES string of the molecule is Cc1cc(-n2nc3c(c2-n2ccn(-c4ccc5c(cnn5C)c4F)c2=O)[C@@H]2COC[C@H](C3)N2S(=O)(=O)c2cc3cc([C@H]4CCOC(C)(C)C4)ccc3[nH]2)cc(C)c1F. The number of aromatic nitrogens is 7. The van der Waals surface area contributed by atoms with Crippen LogP contribution in [0.25, 0.3) is 39.0 Å². The summed E-state index contributed by atoms with van der Waals surface area (Å²) in [6.45, 7) is 8.29. The minimum absolute atomic E-state index is 0.00539. The summed E-state index contributed by atoms with van der Waals surface area (Å²) < 4.78 is 80.0. The Hall–Kier alpha value is -5.42. The average molecular weight is 809 g/mol. The summed E-state index contributed by atoms with van der Waals surface area (Å²) in [5, 5.41) is 10.3. The third kappa shape index (κ3) is 5.63. The van der Waals surface area contributed by atoms with Crippen LogP contribution in [0.15, 0.2) is 76.9 Å². The van der Waals surface area contributed by atoms with Crippen LogP contribution in [0.3, 0.4) is 0 Å². The molecule has 10 rings (SSSR count). The monoisotopic (exact) mass is 808 g/mol. The fraction of sp³-hybridized carbons (Fsp3) is 0.357. The van der Waals surface area contributed by atoms with Crippen molar-refractivity contribution in [1.82, 2.24) is 38.0 Å². The third-order valence-electron chi connectivity index (χ3n) is 12.1. The van der Waals surface area contributed by atoms with E-state index in [1.807, 2.05) is 6.07 Å². The number of imidazole rings is 1. The molecular weight excluding hydrogens is 767 g/mol. The van der Waals surface area contributed by atoms with Crippen LogP contribution in [0.1, 0.15) is 66.6 Å². The fourth-order valence-electron chi connectivity index (χ4n) is 9.32. The maximum Gasteiger partial charge on any atom is 0.338 e. The van der Waals surface area contributed by atoms with Crippen molar-refractivity contribution >= 4 is 31.8 Å². The largest absolute Gasteiger partial charge is 0.378 e. The molecule has 0 aliphatic carbocycles. The van der Waals surface area contributed by atoms with Gasteiger partial charge in [-0.05, 0) is 106 Å². The Balaban J connectivity index is 1.11. The average Bonchev–Trinajstić information content (AvgIpc) is 3.97. The number of aromatic amines is 1. The summed E-state index contributed by atoms with van der Waals surface area (Å²) >= 11 is 0. The van der Waals surface area contributed by atoms with Crippen LogP contribution in [0, 0.1) is 25.5 Å². The summed E-state index contributed by atoms with van der Waals surface area (Å²) in [7, 11) is -2.48. The topological polar surface area (TPSA) is 134 Å². The second kappa shape index (κ2) is 13.0. The van der Waals surface area contributed by atoms with E-state index in [2.05, 4.69) is 36.1 Å². The Kier molecular flexibility index (Phi) is 8.30. The highest BCUT2D eigenvalue weighted by Gasteiger charge is 2.49. The summed E-state index contributed by atoms with van der Waals surface area (Å²) in [6.07, 6.45) is 6.32. The molecule has 7 heterocycles. The van der Waals surface area contributed by atoms with E-state index in [1.54, 1.807) is 54.5 Å². The zero-order valence-corrected chi connectivity index (χ0v) is 33.5. The van der Waals surface area contributed by atoms with Crippen LogP contribution in [-0.4, -0.2) is 77.9 Å². The van der Waals surface area contributed by atoms with Crippen molar-refractivity contribution < 1.29 is 26.7 Å². The van der Waals surface area contributed by atoms with Gasteiger partial charge in [0.05, 0.1) is 65.1 Å². The number of aryl methyl sites for hydroxylation is 3. The van der Waals surface area contributed by atoms with Crippen LogP contribution < -0.4 is 5.69 Å². The molecule has 0 amide bonds. The molecule has 1 N–H and O–H groups in total. The number of ether oxygens (including phenoxy) is 2. The van der Waals surface area contributed by atoms with Gasteiger partial charge in [0.2, 0.25) is 0 Å². The highest BCUT2D eigenvalue weighted by atomic mass is 32.2. The van der Waals surface area contributed by atoms with Crippen molar-refractivity contribution in [3.63, 3.8) is 0 Å². The maximum absolute atomic E-state index is 16.0. The first-order valence-corrected chi connectivity index (χ1v) is 20.8. The molecule has 0 saturated carbocycles. The first kappa shape index (κ1) is 36.9. The number of rotatable bonds is 6. The smallest absolute Gasteiger partial charge is 0.338 e. The lowest BCUT2D eigenvalue weighted by molar-refractivity contribution is -0.0592. The summed E-state index contributed by atoms with van der Waals surface area (Å²) in [4.78, 5) is 17.7. The molecule has 3 aliphatic heterocycles. The van der Waals surface area contributed by atoms with Gasteiger partial charge in [0.1, 0.15) is 16.7 Å². The molecule has 16 heteroatoms. The third-order valence-corrected chi connectivity index (χ3v) is 14.0. The molecule has 0 radical (unpaired) electrons. The number of nitrogens with one attached hydrogen (secondary N) is 1. The normalized spacial score (nSPS) is 20.9. The zero-order valence-electron chi connectivity index (χ0n) is 32.7. The van der Waals surface area contributed by atoms with E-state index in [0.717, 1.165) is 23.8 Å². The Morgan fingerprint density at radius 2 is 1.74 bits per heavy atom. The molecule has 3 atom stereocenters. The van der Waals surface area contributed by atoms with Crippen molar-refractivity contribution in [3.8, 4) is 17.2 Å². The lowest BCUT2D eigenvalue weighted by atomic mass is 9.83. The molecular formula is C42H42F2N8O5S. The van der Waals surface area contributed by atoms with E-state index in [4.69, 9.17) is 14.6 Å².